The molecule has 0 amide bonds. The van der Waals surface area contributed by atoms with E-state index >= 15 is 0 Å². The molecule has 0 saturated carbocycles. The second-order valence-corrected chi connectivity index (χ2v) is 5.20. The Morgan fingerprint density at radius 2 is 2.27 bits per heavy atom. The molecule has 5 heteroatoms. The van der Waals surface area contributed by atoms with E-state index < -0.39 is 0 Å². The van der Waals surface area contributed by atoms with Gasteiger partial charge in [-0.15, -0.1) is 0 Å². The maximum Gasteiger partial charge on any atom is 0.140 e. The minimum atomic E-state index is 0.465. The van der Waals surface area contributed by atoms with Crippen molar-refractivity contribution in [2.24, 2.45) is 5.92 Å². The smallest absolute Gasteiger partial charge is 0.140 e. The van der Waals surface area contributed by atoms with E-state index in [0.717, 1.165) is 27.9 Å². The van der Waals surface area contributed by atoms with Crippen LogP contribution in [-0.4, -0.2) is 25.2 Å². The molecule has 1 aromatic heterocycles. The van der Waals surface area contributed by atoms with E-state index in [1.165, 1.54) is 0 Å². The highest BCUT2D eigenvalue weighted by Crippen LogP contribution is 2.23. The molecule has 1 heterocycles. The summed E-state index contributed by atoms with van der Waals surface area (Å²) in [5, 5.41) is 3.27. The lowest BCUT2D eigenvalue weighted by atomic mass is 10.2. The zero-order valence-corrected chi connectivity index (χ0v) is 11.9. The van der Waals surface area contributed by atoms with Crippen molar-refractivity contribution in [2.75, 3.05) is 25.6 Å². The monoisotopic (exact) mass is 336 g/mol. The van der Waals surface area contributed by atoms with Gasteiger partial charge in [0.05, 0.1) is 11.1 Å². The van der Waals surface area contributed by atoms with Gasteiger partial charge in [-0.2, -0.15) is 0 Å². The highest BCUT2D eigenvalue weighted by atomic mass is 79.9. The maximum atomic E-state index is 5.06. The summed E-state index contributed by atoms with van der Waals surface area (Å²) in [5.41, 5.74) is 0. The normalized spacial score (nSPS) is 12.5. The largest absolute Gasteiger partial charge is 0.384 e. The van der Waals surface area contributed by atoms with Gasteiger partial charge in [0.25, 0.3) is 0 Å². The van der Waals surface area contributed by atoms with Gasteiger partial charge in [0.15, 0.2) is 0 Å². The summed E-state index contributed by atoms with van der Waals surface area (Å²) in [6, 6.07) is 1.97. The van der Waals surface area contributed by atoms with Crippen molar-refractivity contribution in [3.05, 3.63) is 21.2 Å². The molecular weight excluding hydrogens is 324 g/mol. The predicted octanol–water partition coefficient (Wildman–Crippen LogP) is 3.30. The first-order valence-electron chi connectivity index (χ1n) is 4.67. The van der Waals surface area contributed by atoms with Gasteiger partial charge in [-0.25, -0.2) is 4.98 Å². The van der Waals surface area contributed by atoms with Crippen LogP contribution < -0.4 is 5.32 Å². The first kappa shape index (κ1) is 12.9. The van der Waals surface area contributed by atoms with E-state index in [-0.39, 0.29) is 0 Å². The second kappa shape index (κ2) is 6.45. The van der Waals surface area contributed by atoms with Gasteiger partial charge in [0, 0.05) is 24.3 Å². The van der Waals surface area contributed by atoms with Crippen molar-refractivity contribution in [2.45, 2.75) is 6.92 Å². The van der Waals surface area contributed by atoms with Gasteiger partial charge in [0.1, 0.15) is 5.82 Å². The molecule has 3 nitrogen and oxygen atoms in total. The van der Waals surface area contributed by atoms with Gasteiger partial charge in [-0.1, -0.05) is 6.92 Å². The van der Waals surface area contributed by atoms with Crippen molar-refractivity contribution in [1.29, 1.82) is 0 Å². The molecule has 15 heavy (non-hydrogen) atoms. The van der Waals surface area contributed by atoms with Crippen LogP contribution in [0, 0.1) is 5.92 Å². The van der Waals surface area contributed by atoms with Crippen LogP contribution >= 0.6 is 31.9 Å². The summed E-state index contributed by atoms with van der Waals surface area (Å²) in [6.45, 7) is 3.73. The maximum absolute atomic E-state index is 5.06. The fourth-order valence-electron chi connectivity index (χ4n) is 1.16. The Balaban J connectivity index is 2.50. The molecule has 1 aromatic rings. The number of pyridine rings is 1. The highest BCUT2D eigenvalue weighted by Gasteiger charge is 2.04. The third kappa shape index (κ3) is 4.49. The molecule has 0 aliphatic carbocycles. The lowest BCUT2D eigenvalue weighted by Crippen LogP contribution is -2.16. The molecule has 0 saturated heterocycles. The van der Waals surface area contributed by atoms with Crippen molar-refractivity contribution < 1.29 is 4.74 Å². The number of ether oxygens (including phenoxy) is 1. The van der Waals surface area contributed by atoms with Gasteiger partial charge < -0.3 is 10.1 Å². The number of hydrogen-bond acceptors (Lipinski definition) is 3. The van der Waals surface area contributed by atoms with E-state index in [1.807, 2.05) is 6.07 Å². The number of nitrogens with one attached hydrogen (secondary N) is 1. The number of halogens is 2. The van der Waals surface area contributed by atoms with Crippen molar-refractivity contribution in [3.63, 3.8) is 0 Å². The van der Waals surface area contributed by atoms with Gasteiger partial charge in [-0.05, 0) is 43.8 Å². The van der Waals surface area contributed by atoms with Crippen LogP contribution in [-0.2, 0) is 4.74 Å². The van der Waals surface area contributed by atoms with Crippen LogP contribution in [0.25, 0.3) is 0 Å². The first-order valence-corrected chi connectivity index (χ1v) is 6.26. The number of rotatable bonds is 5. The summed E-state index contributed by atoms with van der Waals surface area (Å²) < 4.78 is 6.98. The van der Waals surface area contributed by atoms with Crippen molar-refractivity contribution >= 4 is 37.7 Å². The Kier molecular flexibility index (Phi) is 5.56. The average molecular weight is 338 g/mol. The van der Waals surface area contributed by atoms with Crippen molar-refractivity contribution in [3.8, 4) is 0 Å². The van der Waals surface area contributed by atoms with Crippen LogP contribution in [0.5, 0.6) is 0 Å². The summed E-state index contributed by atoms with van der Waals surface area (Å²) >= 11 is 6.81. The van der Waals surface area contributed by atoms with Crippen LogP contribution in [0.1, 0.15) is 6.92 Å². The summed E-state index contributed by atoms with van der Waals surface area (Å²) in [7, 11) is 1.71. The molecule has 0 spiro atoms. The molecule has 0 bridgehead atoms. The third-order valence-corrected chi connectivity index (χ3v) is 2.92. The van der Waals surface area contributed by atoms with E-state index in [1.54, 1.807) is 13.3 Å². The molecule has 0 aliphatic heterocycles. The Morgan fingerprint density at radius 1 is 1.53 bits per heavy atom. The molecule has 0 aromatic carbocycles. The minimum absolute atomic E-state index is 0.465. The average Bonchev–Trinajstić information content (AvgIpc) is 2.17. The zero-order chi connectivity index (χ0) is 11.3. The van der Waals surface area contributed by atoms with E-state index in [9.17, 15) is 0 Å². The summed E-state index contributed by atoms with van der Waals surface area (Å²) in [6.07, 6.45) is 1.77. The minimum Gasteiger partial charge on any atom is -0.384 e. The SMILES string of the molecule is COCC(C)CNc1ncc(Br)cc1Br. The number of aromatic nitrogens is 1. The quantitative estimate of drug-likeness (QED) is 0.895. The van der Waals surface area contributed by atoms with Crippen LogP contribution in [0.2, 0.25) is 0 Å². The summed E-state index contributed by atoms with van der Waals surface area (Å²) in [5.74, 6) is 1.33. The van der Waals surface area contributed by atoms with E-state index in [2.05, 4.69) is 49.1 Å². The van der Waals surface area contributed by atoms with Gasteiger partial charge in [-0.3, -0.25) is 0 Å². The number of methoxy groups -OCH3 is 1. The molecule has 1 N–H and O–H groups in total. The number of anilines is 1. The van der Waals surface area contributed by atoms with Gasteiger partial charge >= 0.3 is 0 Å². The fourth-order valence-corrected chi connectivity index (χ4v) is 2.29. The molecular formula is C10H14Br2N2O. The highest BCUT2D eigenvalue weighted by molar-refractivity contribution is 9.11. The Hall–Kier alpha value is -0.130. The predicted molar refractivity (Wildman–Crippen MR) is 69.2 cm³/mol. The Bertz CT molecular complexity index is 320. The molecule has 1 atom stereocenters. The fraction of sp³-hybridized carbons (Fsp3) is 0.500. The van der Waals surface area contributed by atoms with E-state index in [0.29, 0.717) is 5.92 Å². The first-order chi connectivity index (χ1) is 7.13. The topological polar surface area (TPSA) is 34.1 Å². The van der Waals surface area contributed by atoms with Crippen molar-refractivity contribution in [1.82, 2.24) is 4.98 Å². The van der Waals surface area contributed by atoms with Crippen LogP contribution in [0.3, 0.4) is 0 Å². The molecule has 0 radical (unpaired) electrons. The molecule has 0 fully saturated rings. The Labute approximate surface area is 107 Å². The lowest BCUT2D eigenvalue weighted by Gasteiger charge is -2.12. The Morgan fingerprint density at radius 3 is 2.87 bits per heavy atom. The standard InChI is InChI=1S/C10H14Br2N2O/c1-7(6-15-2)4-13-10-9(12)3-8(11)5-14-10/h3,5,7H,4,6H2,1-2H3,(H,13,14). The van der Waals surface area contributed by atoms with Crippen LogP contribution in [0.15, 0.2) is 21.2 Å². The van der Waals surface area contributed by atoms with E-state index in [4.69, 9.17) is 4.74 Å². The third-order valence-electron chi connectivity index (χ3n) is 1.88. The van der Waals surface area contributed by atoms with Gasteiger partial charge in [0.2, 0.25) is 0 Å². The molecule has 0 aliphatic rings. The number of nitrogens with zero attached hydrogens (tertiary/aromatic N) is 1. The lowest BCUT2D eigenvalue weighted by molar-refractivity contribution is 0.164. The second-order valence-electron chi connectivity index (χ2n) is 3.43. The molecule has 1 rings (SSSR count). The molecule has 84 valence electrons. The zero-order valence-electron chi connectivity index (χ0n) is 8.76. The molecule has 1 unspecified atom stereocenters. The summed E-state index contributed by atoms with van der Waals surface area (Å²) in [4.78, 5) is 4.26. The number of hydrogen-bond donors (Lipinski definition) is 1. The van der Waals surface area contributed by atoms with Crippen LogP contribution in [0.4, 0.5) is 5.82 Å².